The van der Waals surface area contributed by atoms with E-state index in [-0.39, 0.29) is 11.7 Å². The van der Waals surface area contributed by atoms with Gasteiger partial charge in [0.2, 0.25) is 0 Å². The van der Waals surface area contributed by atoms with Crippen molar-refractivity contribution in [1.82, 2.24) is 14.6 Å². The van der Waals surface area contributed by atoms with Crippen LogP contribution in [0, 0.1) is 13.8 Å². The fourth-order valence-electron chi connectivity index (χ4n) is 6.48. The van der Waals surface area contributed by atoms with Crippen LogP contribution in [0.2, 0.25) is 0 Å². The van der Waals surface area contributed by atoms with E-state index >= 15 is 0 Å². The summed E-state index contributed by atoms with van der Waals surface area (Å²) in [5.74, 6) is 0.468. The molecule has 0 unspecified atom stereocenters. The zero-order valence-corrected chi connectivity index (χ0v) is 28.5. The average Bonchev–Trinajstić information content (AvgIpc) is 3.43. The Morgan fingerprint density at radius 2 is 1.81 bits per heavy atom. The minimum absolute atomic E-state index is 0.0161. The Bertz CT molecular complexity index is 1810. The maximum Gasteiger partial charge on any atom is 0.337 e. The number of fused-ring (bicyclic) bond motifs is 7. The first-order valence-corrected chi connectivity index (χ1v) is 16.5. The number of aliphatic carboxylic acids is 1. The summed E-state index contributed by atoms with van der Waals surface area (Å²) >= 11 is 0. The van der Waals surface area contributed by atoms with Gasteiger partial charge < -0.3 is 24.2 Å². The molecule has 3 aliphatic rings. The van der Waals surface area contributed by atoms with Crippen molar-refractivity contribution in [1.29, 1.82) is 0 Å². The second-order valence-electron chi connectivity index (χ2n) is 14.1. The molecule has 2 aromatic carbocycles. The molecule has 1 saturated heterocycles. The molecule has 248 valence electrons. The van der Waals surface area contributed by atoms with Gasteiger partial charge in [-0.3, -0.25) is 0 Å². The summed E-state index contributed by atoms with van der Waals surface area (Å²) in [6.45, 7) is 15.6. The average molecular weight is 639 g/mol. The fraction of sp³-hybridized carbons (Fsp3) is 0.447. The van der Waals surface area contributed by atoms with Crippen LogP contribution in [-0.2, 0) is 14.3 Å². The van der Waals surface area contributed by atoms with Crippen LogP contribution in [0.5, 0.6) is 5.75 Å². The maximum atomic E-state index is 12.8. The van der Waals surface area contributed by atoms with Crippen molar-refractivity contribution in [2.75, 3.05) is 24.6 Å². The number of piperidine rings is 1. The molecule has 6 bridgehead atoms. The van der Waals surface area contributed by atoms with E-state index in [0.717, 1.165) is 53.0 Å². The Hall–Kier alpha value is -4.21. The van der Waals surface area contributed by atoms with Crippen LogP contribution in [0.3, 0.4) is 0 Å². The van der Waals surface area contributed by atoms with Crippen LogP contribution in [0.15, 0.2) is 60.7 Å². The van der Waals surface area contributed by atoms with Gasteiger partial charge in [-0.15, -0.1) is 0 Å². The predicted molar refractivity (Wildman–Crippen MR) is 184 cm³/mol. The van der Waals surface area contributed by atoms with Crippen molar-refractivity contribution in [2.45, 2.75) is 91.1 Å². The van der Waals surface area contributed by atoms with E-state index in [0.29, 0.717) is 42.4 Å². The first-order chi connectivity index (χ1) is 22.3. The highest BCUT2D eigenvalue weighted by molar-refractivity contribution is 5.80. The normalized spacial score (nSPS) is 21.7. The largest absolute Gasteiger partial charge is 0.490 e. The number of aryl methyl sites for hydroxylation is 2. The van der Waals surface area contributed by atoms with Gasteiger partial charge in [0, 0.05) is 42.4 Å². The van der Waals surface area contributed by atoms with E-state index in [9.17, 15) is 9.90 Å². The number of anilines is 1. The van der Waals surface area contributed by atoms with Gasteiger partial charge in [0.1, 0.15) is 11.6 Å². The SMILES string of the molecule is Cc1ccc2c(c1)-c1cccc(c1)-c1cc3nc(C)c([C@H](OC(C)(C)C)C(=O)O)c(n3n1)N1CCC(C)(CC1)OC/C=C\C[C@H](C)O2. The second-order valence-corrected chi connectivity index (χ2v) is 14.1. The van der Waals surface area contributed by atoms with E-state index in [4.69, 9.17) is 24.3 Å². The van der Waals surface area contributed by atoms with Crippen molar-refractivity contribution >= 4 is 17.4 Å². The van der Waals surface area contributed by atoms with Crippen LogP contribution in [-0.4, -0.2) is 62.7 Å². The number of hydrogen-bond acceptors (Lipinski definition) is 7. The Morgan fingerprint density at radius 3 is 2.53 bits per heavy atom. The quantitative estimate of drug-likeness (QED) is 0.228. The topological polar surface area (TPSA) is 98.4 Å². The first-order valence-electron chi connectivity index (χ1n) is 16.5. The smallest absolute Gasteiger partial charge is 0.337 e. The number of hydrogen-bond donors (Lipinski definition) is 1. The van der Waals surface area contributed by atoms with Crippen LogP contribution in [0.25, 0.3) is 28.0 Å². The first kappa shape index (κ1) is 32.7. The molecule has 1 N–H and O–H groups in total. The number of benzene rings is 2. The summed E-state index contributed by atoms with van der Waals surface area (Å²) in [5, 5.41) is 15.6. The molecule has 0 radical (unpaired) electrons. The van der Waals surface area contributed by atoms with Gasteiger partial charge in [-0.2, -0.15) is 9.61 Å². The maximum absolute atomic E-state index is 12.8. The van der Waals surface area contributed by atoms with Gasteiger partial charge in [0.15, 0.2) is 11.8 Å². The van der Waals surface area contributed by atoms with E-state index in [2.05, 4.69) is 62.1 Å². The molecule has 2 atom stereocenters. The lowest BCUT2D eigenvalue weighted by molar-refractivity contribution is -0.160. The Kier molecular flexibility index (Phi) is 8.89. The Labute approximate surface area is 277 Å². The molecule has 7 rings (SSSR count). The van der Waals surface area contributed by atoms with Gasteiger partial charge in [-0.05, 0) is 85.1 Å². The molecular weight excluding hydrogens is 592 g/mol. The Morgan fingerprint density at radius 1 is 1.06 bits per heavy atom. The molecule has 0 aliphatic carbocycles. The van der Waals surface area contributed by atoms with E-state index in [1.54, 1.807) is 4.52 Å². The molecule has 9 heteroatoms. The number of aromatic nitrogens is 3. The highest BCUT2D eigenvalue weighted by atomic mass is 16.5. The Balaban J connectivity index is 1.55. The molecule has 9 nitrogen and oxygen atoms in total. The summed E-state index contributed by atoms with van der Waals surface area (Å²) in [4.78, 5) is 19.9. The molecule has 0 saturated carbocycles. The highest BCUT2D eigenvalue weighted by Crippen LogP contribution is 2.39. The molecular formula is C38H46N4O5. The number of nitrogens with zero attached hydrogens (tertiary/aromatic N) is 4. The van der Waals surface area contributed by atoms with Crippen LogP contribution in [0.4, 0.5) is 5.82 Å². The van der Waals surface area contributed by atoms with E-state index in [1.807, 2.05) is 52.0 Å². The van der Waals surface area contributed by atoms with Crippen molar-refractivity contribution in [3.63, 3.8) is 0 Å². The third-order valence-corrected chi connectivity index (χ3v) is 8.98. The third-order valence-electron chi connectivity index (χ3n) is 8.98. The minimum Gasteiger partial charge on any atom is -0.490 e. The van der Waals surface area contributed by atoms with Crippen molar-refractivity contribution in [3.05, 3.63) is 77.5 Å². The molecule has 0 spiro atoms. The van der Waals surface area contributed by atoms with Crippen LogP contribution < -0.4 is 9.64 Å². The summed E-state index contributed by atoms with van der Waals surface area (Å²) in [6, 6.07) is 16.5. The molecule has 1 fully saturated rings. The molecule has 3 aliphatic heterocycles. The van der Waals surface area contributed by atoms with E-state index in [1.165, 1.54) is 0 Å². The van der Waals surface area contributed by atoms with E-state index < -0.39 is 17.7 Å². The van der Waals surface area contributed by atoms with Gasteiger partial charge in [-0.1, -0.05) is 42.0 Å². The third kappa shape index (κ3) is 7.06. The summed E-state index contributed by atoms with van der Waals surface area (Å²) in [7, 11) is 0. The van der Waals surface area contributed by atoms with Gasteiger partial charge in [0.05, 0.1) is 35.2 Å². The van der Waals surface area contributed by atoms with Crippen molar-refractivity contribution < 1.29 is 24.1 Å². The van der Waals surface area contributed by atoms with Gasteiger partial charge in [-0.25, -0.2) is 9.78 Å². The van der Waals surface area contributed by atoms with Crippen molar-refractivity contribution in [3.8, 4) is 28.1 Å². The fourth-order valence-corrected chi connectivity index (χ4v) is 6.48. The molecule has 47 heavy (non-hydrogen) atoms. The summed E-state index contributed by atoms with van der Waals surface area (Å²) < 4.78 is 20.9. The lowest BCUT2D eigenvalue weighted by Crippen LogP contribution is -2.45. The number of rotatable bonds is 3. The number of ether oxygens (including phenoxy) is 3. The van der Waals surface area contributed by atoms with Crippen LogP contribution >= 0.6 is 0 Å². The minimum atomic E-state index is -1.22. The lowest BCUT2D eigenvalue weighted by atomic mass is 9.92. The molecule has 2 aromatic heterocycles. The zero-order chi connectivity index (χ0) is 33.5. The molecule has 0 amide bonds. The number of carboxylic acids is 1. The second kappa shape index (κ2) is 12.8. The summed E-state index contributed by atoms with van der Waals surface area (Å²) in [6.07, 6.45) is 5.28. The van der Waals surface area contributed by atoms with Crippen molar-refractivity contribution in [2.24, 2.45) is 0 Å². The molecule has 5 heterocycles. The highest BCUT2D eigenvalue weighted by Gasteiger charge is 2.37. The standard InChI is InChI=1S/C38H46N4O5/c1-24-14-15-31-29(21-24)27-12-10-13-28(22-27)30-23-32-39-26(3)33(34(36(43)44)47-37(4,5)6)35(42(32)40-30)41-18-16-38(7,17-19-41)45-20-9-8-11-25(2)46-31/h8-10,12-15,21-23,25,34H,11,16-20H2,1-7H3,(H,43,44)/b9-8-/t25-,34-/m0/s1. The number of carboxylic acid groups (broad SMARTS) is 1. The summed E-state index contributed by atoms with van der Waals surface area (Å²) in [5.41, 5.74) is 5.62. The monoisotopic (exact) mass is 638 g/mol. The van der Waals surface area contributed by atoms with Gasteiger partial charge in [0.25, 0.3) is 0 Å². The zero-order valence-electron chi connectivity index (χ0n) is 28.5. The predicted octanol–water partition coefficient (Wildman–Crippen LogP) is 7.72. The van der Waals surface area contributed by atoms with Crippen LogP contribution in [0.1, 0.15) is 76.8 Å². The van der Waals surface area contributed by atoms with Gasteiger partial charge >= 0.3 is 5.97 Å². The lowest BCUT2D eigenvalue weighted by Gasteiger charge is -2.41. The number of carbonyl (C=O) groups is 1. The molecule has 4 aromatic rings.